The zero-order chi connectivity index (χ0) is 14.4. The van der Waals surface area contributed by atoms with Crippen LogP contribution in [0.4, 0.5) is 0 Å². The van der Waals surface area contributed by atoms with Gasteiger partial charge in [0.05, 0.1) is 20.3 Å². The van der Waals surface area contributed by atoms with Crippen LogP contribution in [0.2, 0.25) is 0 Å². The van der Waals surface area contributed by atoms with Crippen LogP contribution in [-0.2, 0) is 11.3 Å². The van der Waals surface area contributed by atoms with Crippen molar-refractivity contribution in [3.63, 3.8) is 0 Å². The van der Waals surface area contributed by atoms with Gasteiger partial charge in [-0.05, 0) is 36.5 Å². The normalized spacial score (nSPS) is 21.9. The van der Waals surface area contributed by atoms with Crippen molar-refractivity contribution in [3.8, 4) is 11.5 Å². The second-order valence-electron chi connectivity index (χ2n) is 5.22. The molecular formula is C16H25NO3. The highest BCUT2D eigenvalue weighted by atomic mass is 16.5. The molecule has 4 heteroatoms. The van der Waals surface area contributed by atoms with Crippen LogP contribution in [0, 0.1) is 5.92 Å². The average molecular weight is 279 g/mol. The maximum absolute atomic E-state index is 5.71. The third kappa shape index (κ3) is 3.87. The molecule has 0 spiro atoms. The molecule has 0 aliphatic carbocycles. The molecule has 2 unspecified atom stereocenters. The maximum atomic E-state index is 5.71. The molecule has 20 heavy (non-hydrogen) atoms. The minimum atomic E-state index is 0.419. The Morgan fingerprint density at radius 2 is 1.90 bits per heavy atom. The Kier molecular flexibility index (Phi) is 5.68. The van der Waals surface area contributed by atoms with Crippen molar-refractivity contribution < 1.29 is 14.2 Å². The molecular weight excluding hydrogens is 254 g/mol. The van der Waals surface area contributed by atoms with Crippen molar-refractivity contribution in [3.05, 3.63) is 23.8 Å². The number of ether oxygens (including phenoxy) is 3. The second-order valence-corrected chi connectivity index (χ2v) is 5.22. The van der Waals surface area contributed by atoms with E-state index in [0.717, 1.165) is 44.0 Å². The highest BCUT2D eigenvalue weighted by Crippen LogP contribution is 2.24. The van der Waals surface area contributed by atoms with Crippen LogP contribution in [0.25, 0.3) is 0 Å². The largest absolute Gasteiger partial charge is 0.497 e. The topological polar surface area (TPSA) is 39.7 Å². The van der Waals surface area contributed by atoms with E-state index in [1.165, 1.54) is 5.56 Å². The second kappa shape index (κ2) is 7.50. The van der Waals surface area contributed by atoms with Gasteiger partial charge >= 0.3 is 0 Å². The quantitative estimate of drug-likeness (QED) is 0.833. The molecule has 0 aromatic heterocycles. The van der Waals surface area contributed by atoms with Crippen molar-refractivity contribution in [1.82, 2.24) is 5.32 Å². The van der Waals surface area contributed by atoms with Crippen molar-refractivity contribution in [1.29, 1.82) is 0 Å². The summed E-state index contributed by atoms with van der Waals surface area (Å²) in [6.45, 7) is 4.91. The van der Waals surface area contributed by atoms with Gasteiger partial charge in [0.2, 0.25) is 0 Å². The van der Waals surface area contributed by atoms with Gasteiger partial charge in [0.15, 0.2) is 0 Å². The van der Waals surface area contributed by atoms with Gasteiger partial charge < -0.3 is 19.5 Å². The minimum absolute atomic E-state index is 0.419. The lowest BCUT2D eigenvalue weighted by atomic mass is 9.99. The van der Waals surface area contributed by atoms with Gasteiger partial charge in [-0.2, -0.15) is 0 Å². The Balaban J connectivity index is 1.87. The van der Waals surface area contributed by atoms with Crippen molar-refractivity contribution in [2.45, 2.75) is 32.4 Å². The van der Waals surface area contributed by atoms with E-state index >= 15 is 0 Å². The average Bonchev–Trinajstić information content (AvgIpc) is 2.94. The molecule has 0 saturated carbocycles. The van der Waals surface area contributed by atoms with Crippen LogP contribution in [-0.4, -0.2) is 33.5 Å². The molecule has 1 aromatic rings. The molecule has 1 aliphatic heterocycles. The molecule has 1 aliphatic rings. The summed E-state index contributed by atoms with van der Waals surface area (Å²) in [5, 5.41) is 3.52. The predicted molar refractivity (Wildman–Crippen MR) is 79.4 cm³/mol. The molecule has 1 heterocycles. The number of hydrogen-bond donors (Lipinski definition) is 1. The minimum Gasteiger partial charge on any atom is -0.497 e. The Labute approximate surface area is 121 Å². The lowest BCUT2D eigenvalue weighted by Crippen LogP contribution is -2.27. The molecule has 112 valence electrons. The van der Waals surface area contributed by atoms with Gasteiger partial charge in [-0.1, -0.05) is 6.92 Å². The predicted octanol–water partition coefficient (Wildman–Crippen LogP) is 2.61. The Hall–Kier alpha value is -1.26. The van der Waals surface area contributed by atoms with E-state index in [0.29, 0.717) is 12.0 Å². The molecule has 4 nitrogen and oxygen atoms in total. The van der Waals surface area contributed by atoms with Crippen LogP contribution in [0.15, 0.2) is 18.2 Å². The molecule has 1 saturated heterocycles. The number of nitrogens with one attached hydrogen (secondary N) is 1. The molecule has 1 fully saturated rings. The van der Waals surface area contributed by atoms with E-state index < -0.39 is 0 Å². The van der Waals surface area contributed by atoms with Gasteiger partial charge in [0, 0.05) is 25.8 Å². The third-order valence-corrected chi connectivity index (χ3v) is 3.90. The van der Waals surface area contributed by atoms with Gasteiger partial charge in [0.25, 0.3) is 0 Å². The molecule has 1 aromatic carbocycles. The summed E-state index contributed by atoms with van der Waals surface area (Å²) in [5.74, 6) is 2.29. The maximum Gasteiger partial charge on any atom is 0.122 e. The summed E-state index contributed by atoms with van der Waals surface area (Å²) in [4.78, 5) is 0. The SMILES string of the molecule is CCC1OCCC1CNCc1cc(OC)cc(OC)c1. The van der Waals surface area contributed by atoms with Gasteiger partial charge in [0.1, 0.15) is 11.5 Å². The lowest BCUT2D eigenvalue weighted by Gasteiger charge is -2.17. The van der Waals surface area contributed by atoms with E-state index in [4.69, 9.17) is 14.2 Å². The fourth-order valence-electron chi connectivity index (χ4n) is 2.75. The van der Waals surface area contributed by atoms with Crippen LogP contribution in [0.5, 0.6) is 11.5 Å². The van der Waals surface area contributed by atoms with Crippen LogP contribution in [0.1, 0.15) is 25.3 Å². The van der Waals surface area contributed by atoms with E-state index in [1.807, 2.05) is 18.2 Å². The Morgan fingerprint density at radius 3 is 2.50 bits per heavy atom. The smallest absolute Gasteiger partial charge is 0.122 e. The number of rotatable bonds is 7. The molecule has 2 atom stereocenters. The van der Waals surface area contributed by atoms with Gasteiger partial charge in [-0.15, -0.1) is 0 Å². The fourth-order valence-corrected chi connectivity index (χ4v) is 2.75. The molecule has 2 rings (SSSR count). The fraction of sp³-hybridized carbons (Fsp3) is 0.625. The zero-order valence-corrected chi connectivity index (χ0v) is 12.6. The third-order valence-electron chi connectivity index (χ3n) is 3.90. The number of methoxy groups -OCH3 is 2. The van der Waals surface area contributed by atoms with Crippen molar-refractivity contribution in [2.24, 2.45) is 5.92 Å². The molecule has 0 bridgehead atoms. The monoisotopic (exact) mass is 279 g/mol. The van der Waals surface area contributed by atoms with Gasteiger partial charge in [-0.3, -0.25) is 0 Å². The summed E-state index contributed by atoms with van der Waals surface area (Å²) >= 11 is 0. The summed E-state index contributed by atoms with van der Waals surface area (Å²) in [6, 6.07) is 5.97. The summed E-state index contributed by atoms with van der Waals surface area (Å²) in [5.41, 5.74) is 1.17. The first-order valence-corrected chi connectivity index (χ1v) is 7.31. The van der Waals surface area contributed by atoms with Crippen LogP contribution >= 0.6 is 0 Å². The number of benzene rings is 1. The highest BCUT2D eigenvalue weighted by molar-refractivity contribution is 5.38. The van der Waals surface area contributed by atoms with Crippen molar-refractivity contribution in [2.75, 3.05) is 27.4 Å². The Morgan fingerprint density at radius 1 is 1.20 bits per heavy atom. The van der Waals surface area contributed by atoms with Crippen LogP contribution < -0.4 is 14.8 Å². The number of hydrogen-bond acceptors (Lipinski definition) is 4. The standard InChI is InChI=1S/C16H25NO3/c1-4-16-13(5-6-20-16)11-17-10-12-7-14(18-2)9-15(8-12)19-3/h7-9,13,16-17H,4-6,10-11H2,1-3H3. The first-order chi connectivity index (χ1) is 9.76. The lowest BCUT2D eigenvalue weighted by molar-refractivity contribution is 0.0872. The van der Waals surface area contributed by atoms with E-state index in [1.54, 1.807) is 14.2 Å². The zero-order valence-electron chi connectivity index (χ0n) is 12.6. The first kappa shape index (κ1) is 15.1. The summed E-state index contributed by atoms with van der Waals surface area (Å²) in [6.07, 6.45) is 2.68. The Bertz CT molecular complexity index is 400. The van der Waals surface area contributed by atoms with E-state index in [-0.39, 0.29) is 0 Å². The summed E-state index contributed by atoms with van der Waals surface area (Å²) in [7, 11) is 3.35. The molecule has 0 radical (unpaired) electrons. The van der Waals surface area contributed by atoms with Crippen LogP contribution in [0.3, 0.4) is 0 Å². The molecule has 0 amide bonds. The first-order valence-electron chi connectivity index (χ1n) is 7.31. The molecule has 1 N–H and O–H groups in total. The van der Waals surface area contributed by atoms with E-state index in [9.17, 15) is 0 Å². The summed E-state index contributed by atoms with van der Waals surface area (Å²) < 4.78 is 16.3. The van der Waals surface area contributed by atoms with E-state index in [2.05, 4.69) is 12.2 Å². The van der Waals surface area contributed by atoms with Gasteiger partial charge in [-0.25, -0.2) is 0 Å². The van der Waals surface area contributed by atoms with Crippen molar-refractivity contribution >= 4 is 0 Å². The highest BCUT2D eigenvalue weighted by Gasteiger charge is 2.25.